The smallest absolute Gasteiger partial charge is 0.127 e. The highest BCUT2D eigenvalue weighted by Gasteiger charge is 2.49. The molecule has 3 aromatic rings. The fourth-order valence-corrected chi connectivity index (χ4v) is 4.46. The summed E-state index contributed by atoms with van der Waals surface area (Å²) in [6.07, 6.45) is 1.85. The number of anilines is 1. The monoisotopic (exact) mass is 388 g/mol. The number of benzene rings is 2. The second-order valence-electron chi connectivity index (χ2n) is 7.56. The van der Waals surface area contributed by atoms with Gasteiger partial charge in [-0.15, -0.1) is 0 Å². The van der Waals surface area contributed by atoms with Gasteiger partial charge in [0, 0.05) is 37.2 Å². The number of para-hydroxylation sites is 1. The molecule has 1 spiro atoms. The Labute approximate surface area is 170 Å². The third-order valence-corrected chi connectivity index (χ3v) is 5.80. The lowest BCUT2D eigenvalue weighted by molar-refractivity contribution is 0.146. The van der Waals surface area contributed by atoms with E-state index in [-0.39, 0.29) is 5.41 Å². The number of fused-ring (bicyclic) bond motifs is 4. The van der Waals surface area contributed by atoms with E-state index in [2.05, 4.69) is 46.3 Å². The van der Waals surface area contributed by atoms with Gasteiger partial charge in [-0.1, -0.05) is 30.3 Å². The normalized spacial score (nSPS) is 19.1. The Morgan fingerprint density at radius 2 is 1.93 bits per heavy atom. The third-order valence-electron chi connectivity index (χ3n) is 5.80. The van der Waals surface area contributed by atoms with Gasteiger partial charge >= 0.3 is 0 Å². The fourth-order valence-electron chi connectivity index (χ4n) is 4.46. The zero-order valence-electron chi connectivity index (χ0n) is 16.5. The van der Waals surface area contributed by atoms with Crippen molar-refractivity contribution in [3.05, 3.63) is 83.7 Å². The van der Waals surface area contributed by atoms with Crippen LogP contribution in [0.5, 0.6) is 11.5 Å². The second kappa shape index (κ2) is 7.41. The van der Waals surface area contributed by atoms with Crippen LogP contribution in [0.2, 0.25) is 0 Å². The van der Waals surface area contributed by atoms with E-state index in [0.29, 0.717) is 19.8 Å². The van der Waals surface area contributed by atoms with Crippen molar-refractivity contribution in [2.45, 2.75) is 12.0 Å². The van der Waals surface area contributed by atoms with Crippen molar-refractivity contribution >= 4 is 5.69 Å². The van der Waals surface area contributed by atoms with Crippen molar-refractivity contribution in [2.24, 2.45) is 0 Å². The molecule has 0 amide bonds. The summed E-state index contributed by atoms with van der Waals surface area (Å²) < 4.78 is 17.0. The van der Waals surface area contributed by atoms with Crippen molar-refractivity contribution in [1.29, 1.82) is 0 Å². The number of rotatable bonds is 6. The predicted molar refractivity (Wildman–Crippen MR) is 112 cm³/mol. The van der Waals surface area contributed by atoms with Gasteiger partial charge in [-0.25, -0.2) is 0 Å². The molecule has 0 N–H and O–H groups in total. The summed E-state index contributed by atoms with van der Waals surface area (Å²) in [7, 11) is 1.67. The Morgan fingerprint density at radius 3 is 2.79 bits per heavy atom. The van der Waals surface area contributed by atoms with E-state index in [1.54, 1.807) is 7.11 Å². The molecule has 1 unspecified atom stereocenters. The van der Waals surface area contributed by atoms with Gasteiger partial charge in [-0.3, -0.25) is 4.98 Å². The molecule has 0 aliphatic carbocycles. The number of hydrogen-bond donors (Lipinski definition) is 0. The maximum absolute atomic E-state index is 6.19. The van der Waals surface area contributed by atoms with Gasteiger partial charge in [0.15, 0.2) is 0 Å². The molecule has 2 aliphatic heterocycles. The van der Waals surface area contributed by atoms with Crippen LogP contribution in [0, 0.1) is 0 Å². The summed E-state index contributed by atoms with van der Waals surface area (Å²) in [5.41, 5.74) is 4.72. The Kier molecular flexibility index (Phi) is 4.60. The van der Waals surface area contributed by atoms with Crippen LogP contribution in [-0.2, 0) is 16.7 Å². The number of ether oxygens (including phenoxy) is 3. The van der Waals surface area contributed by atoms with Crippen LogP contribution in [0.4, 0.5) is 5.69 Å². The summed E-state index contributed by atoms with van der Waals surface area (Å²) in [5.74, 6) is 1.73. The Bertz CT molecular complexity index is 1010. The topological polar surface area (TPSA) is 43.8 Å². The van der Waals surface area contributed by atoms with E-state index in [9.17, 15) is 0 Å². The van der Waals surface area contributed by atoms with Gasteiger partial charge in [-0.2, -0.15) is 0 Å². The van der Waals surface area contributed by atoms with E-state index in [1.165, 1.54) is 16.8 Å². The minimum absolute atomic E-state index is 0.161. The molecule has 2 aliphatic rings. The molecule has 0 radical (unpaired) electrons. The third kappa shape index (κ3) is 3.12. The summed E-state index contributed by atoms with van der Waals surface area (Å²) in [6, 6.07) is 20.9. The molecule has 0 bridgehead atoms. The number of nitrogens with zero attached hydrogens (tertiary/aromatic N) is 2. The summed E-state index contributed by atoms with van der Waals surface area (Å²) >= 11 is 0. The first-order chi connectivity index (χ1) is 14.3. The molecule has 29 heavy (non-hydrogen) atoms. The molecule has 5 rings (SSSR count). The van der Waals surface area contributed by atoms with Crippen LogP contribution in [0.25, 0.3) is 0 Å². The Balaban J connectivity index is 1.47. The standard InChI is InChI=1S/C24H24N2O3/c1-27-12-13-28-19-9-10-21-23(14-19)29-17-24(21)16-26(15-18-6-4-5-11-25-18)22-8-3-2-7-20(22)24/h2-11,14H,12-13,15-17H2,1H3. The molecule has 148 valence electrons. The van der Waals surface area contributed by atoms with Crippen molar-refractivity contribution in [2.75, 3.05) is 38.4 Å². The summed E-state index contributed by atoms with van der Waals surface area (Å²) in [6.45, 7) is 3.39. The number of methoxy groups -OCH3 is 1. The van der Waals surface area contributed by atoms with Crippen LogP contribution >= 0.6 is 0 Å². The number of hydrogen-bond acceptors (Lipinski definition) is 5. The predicted octanol–water partition coefficient (Wildman–Crippen LogP) is 3.81. The van der Waals surface area contributed by atoms with Crippen molar-refractivity contribution in [1.82, 2.24) is 4.98 Å². The van der Waals surface area contributed by atoms with E-state index >= 15 is 0 Å². The average Bonchev–Trinajstić information content (AvgIpc) is 3.28. The van der Waals surface area contributed by atoms with Gasteiger partial charge in [-0.05, 0) is 29.8 Å². The Hall–Kier alpha value is -3.05. The van der Waals surface area contributed by atoms with Crippen molar-refractivity contribution in [3.8, 4) is 11.5 Å². The highest BCUT2D eigenvalue weighted by molar-refractivity contribution is 5.69. The lowest BCUT2D eigenvalue weighted by Gasteiger charge is -2.25. The van der Waals surface area contributed by atoms with E-state index in [1.807, 2.05) is 30.5 Å². The van der Waals surface area contributed by atoms with Crippen molar-refractivity contribution < 1.29 is 14.2 Å². The second-order valence-corrected chi connectivity index (χ2v) is 7.56. The molecule has 5 nitrogen and oxygen atoms in total. The number of aromatic nitrogens is 1. The van der Waals surface area contributed by atoms with E-state index in [4.69, 9.17) is 14.2 Å². The molecule has 0 saturated carbocycles. The molecular formula is C24H24N2O3. The SMILES string of the molecule is COCCOc1ccc2c(c1)OCC21CN(Cc2ccccn2)c2ccccc21. The molecule has 2 aromatic carbocycles. The van der Waals surface area contributed by atoms with Crippen LogP contribution in [0.3, 0.4) is 0 Å². The van der Waals surface area contributed by atoms with Gasteiger partial charge in [0.1, 0.15) is 24.7 Å². The first-order valence-corrected chi connectivity index (χ1v) is 9.94. The molecule has 0 saturated heterocycles. The van der Waals surface area contributed by atoms with Crippen molar-refractivity contribution in [3.63, 3.8) is 0 Å². The molecule has 1 atom stereocenters. The Morgan fingerprint density at radius 1 is 1.03 bits per heavy atom. The highest BCUT2D eigenvalue weighted by atomic mass is 16.5. The van der Waals surface area contributed by atoms with Gasteiger partial charge < -0.3 is 19.1 Å². The first kappa shape index (κ1) is 18.0. The van der Waals surface area contributed by atoms with Crippen LogP contribution in [0.15, 0.2) is 66.9 Å². The summed E-state index contributed by atoms with van der Waals surface area (Å²) in [5, 5.41) is 0. The first-order valence-electron chi connectivity index (χ1n) is 9.94. The van der Waals surface area contributed by atoms with E-state index in [0.717, 1.165) is 30.3 Å². The van der Waals surface area contributed by atoms with Gasteiger partial charge in [0.2, 0.25) is 0 Å². The molecular weight excluding hydrogens is 364 g/mol. The zero-order chi connectivity index (χ0) is 19.7. The summed E-state index contributed by atoms with van der Waals surface area (Å²) in [4.78, 5) is 6.94. The molecule has 5 heteroatoms. The molecule has 3 heterocycles. The fraction of sp³-hybridized carbons (Fsp3) is 0.292. The highest BCUT2D eigenvalue weighted by Crippen LogP contribution is 2.52. The van der Waals surface area contributed by atoms with E-state index < -0.39 is 0 Å². The maximum atomic E-state index is 6.19. The minimum atomic E-state index is -0.161. The molecule has 1 aromatic heterocycles. The average molecular weight is 388 g/mol. The van der Waals surface area contributed by atoms with Crippen LogP contribution in [-0.4, -0.2) is 38.5 Å². The lowest BCUT2D eigenvalue weighted by Crippen LogP contribution is -2.36. The largest absolute Gasteiger partial charge is 0.492 e. The van der Waals surface area contributed by atoms with Crippen LogP contribution < -0.4 is 14.4 Å². The quantitative estimate of drug-likeness (QED) is 0.601. The van der Waals surface area contributed by atoms with Crippen LogP contribution in [0.1, 0.15) is 16.8 Å². The van der Waals surface area contributed by atoms with Gasteiger partial charge in [0.05, 0.1) is 24.3 Å². The number of pyridine rings is 1. The minimum Gasteiger partial charge on any atom is -0.492 e. The maximum Gasteiger partial charge on any atom is 0.127 e. The van der Waals surface area contributed by atoms with Gasteiger partial charge in [0.25, 0.3) is 0 Å². The molecule has 0 fully saturated rings. The lowest BCUT2D eigenvalue weighted by atomic mass is 9.78. The zero-order valence-corrected chi connectivity index (χ0v) is 16.5.